The normalized spacial score (nSPS) is 17.4. The molecule has 1 fully saturated rings. The summed E-state index contributed by atoms with van der Waals surface area (Å²) >= 11 is 0. The summed E-state index contributed by atoms with van der Waals surface area (Å²) < 4.78 is 5.05. The summed E-state index contributed by atoms with van der Waals surface area (Å²) in [4.78, 5) is 2.42. The summed E-state index contributed by atoms with van der Waals surface area (Å²) in [7, 11) is 0. The van der Waals surface area contributed by atoms with Gasteiger partial charge in [0.05, 0.1) is 5.69 Å². The van der Waals surface area contributed by atoms with Gasteiger partial charge in [-0.05, 0) is 13.5 Å². The van der Waals surface area contributed by atoms with Crippen molar-refractivity contribution >= 4 is 0 Å². The molecule has 1 aromatic rings. The minimum atomic E-state index is 0.678. The minimum absolute atomic E-state index is 0.678. The molecule has 0 bridgehead atoms. The fraction of sp³-hybridized carbons (Fsp3) is 0.700. The third-order valence-electron chi connectivity index (χ3n) is 2.72. The monoisotopic (exact) mass is 195 g/mol. The highest BCUT2D eigenvalue weighted by molar-refractivity contribution is 5.04. The van der Waals surface area contributed by atoms with E-state index in [-0.39, 0.29) is 0 Å². The van der Waals surface area contributed by atoms with Gasteiger partial charge in [0.25, 0.3) is 0 Å². The second kappa shape index (κ2) is 4.11. The van der Waals surface area contributed by atoms with Gasteiger partial charge in [0, 0.05) is 31.7 Å². The molecule has 14 heavy (non-hydrogen) atoms. The van der Waals surface area contributed by atoms with Crippen molar-refractivity contribution in [2.24, 2.45) is 0 Å². The zero-order valence-corrected chi connectivity index (χ0v) is 8.79. The average molecular weight is 195 g/mol. The molecule has 0 aromatic carbocycles. The zero-order chi connectivity index (χ0) is 9.97. The highest BCUT2D eigenvalue weighted by Crippen LogP contribution is 2.10. The van der Waals surface area contributed by atoms with Crippen molar-refractivity contribution in [2.45, 2.75) is 26.4 Å². The molecule has 1 aliphatic rings. The predicted molar refractivity (Wildman–Crippen MR) is 54.0 cm³/mol. The van der Waals surface area contributed by atoms with E-state index in [2.05, 4.69) is 22.3 Å². The Labute approximate surface area is 84.3 Å². The number of nitrogens with one attached hydrogen (secondary N) is 1. The van der Waals surface area contributed by atoms with E-state index in [9.17, 15) is 0 Å². The van der Waals surface area contributed by atoms with Crippen molar-refractivity contribution < 1.29 is 4.52 Å². The molecule has 78 valence electrons. The van der Waals surface area contributed by atoms with Crippen LogP contribution in [0.3, 0.4) is 0 Å². The summed E-state index contributed by atoms with van der Waals surface area (Å²) in [5.41, 5.74) is 1.04. The van der Waals surface area contributed by atoms with E-state index in [4.69, 9.17) is 4.52 Å². The second-order valence-electron chi connectivity index (χ2n) is 3.80. The van der Waals surface area contributed by atoms with Crippen molar-refractivity contribution in [3.63, 3.8) is 0 Å². The Bertz CT molecular complexity index is 293. The molecule has 0 atom stereocenters. The van der Waals surface area contributed by atoms with Crippen LogP contribution >= 0.6 is 0 Å². The van der Waals surface area contributed by atoms with Crippen LogP contribution < -0.4 is 5.32 Å². The number of hydrogen-bond donors (Lipinski definition) is 1. The molecular weight excluding hydrogens is 178 g/mol. The molecule has 4 nitrogen and oxygen atoms in total. The maximum atomic E-state index is 5.05. The summed E-state index contributed by atoms with van der Waals surface area (Å²) in [5.74, 6) is 0.891. The van der Waals surface area contributed by atoms with Gasteiger partial charge in [-0.15, -0.1) is 0 Å². The van der Waals surface area contributed by atoms with Gasteiger partial charge in [-0.2, -0.15) is 0 Å². The summed E-state index contributed by atoms with van der Waals surface area (Å²) in [6.45, 7) is 8.29. The highest BCUT2D eigenvalue weighted by Gasteiger charge is 2.23. The predicted octanol–water partition coefficient (Wildman–Crippen LogP) is 0.777. The fourth-order valence-corrected chi connectivity index (χ4v) is 1.73. The molecule has 1 saturated heterocycles. The van der Waals surface area contributed by atoms with Crippen molar-refractivity contribution in [1.29, 1.82) is 0 Å². The Morgan fingerprint density at radius 1 is 1.64 bits per heavy atom. The van der Waals surface area contributed by atoms with Gasteiger partial charge in [-0.25, -0.2) is 0 Å². The van der Waals surface area contributed by atoms with E-state index in [0.717, 1.165) is 37.6 Å². The molecule has 0 saturated carbocycles. The Kier molecular flexibility index (Phi) is 2.84. The van der Waals surface area contributed by atoms with E-state index in [1.165, 1.54) is 0 Å². The van der Waals surface area contributed by atoms with Crippen molar-refractivity contribution in [3.8, 4) is 0 Å². The van der Waals surface area contributed by atoms with E-state index >= 15 is 0 Å². The minimum Gasteiger partial charge on any atom is -0.361 e. The third kappa shape index (κ3) is 1.96. The van der Waals surface area contributed by atoms with E-state index < -0.39 is 0 Å². The van der Waals surface area contributed by atoms with Gasteiger partial charge in [0.15, 0.2) is 0 Å². The molecule has 1 aromatic heterocycles. The number of aryl methyl sites for hydroxylation is 1. The van der Waals surface area contributed by atoms with Crippen LogP contribution in [-0.2, 0) is 6.54 Å². The summed E-state index contributed by atoms with van der Waals surface area (Å²) in [5, 5.41) is 7.29. The Morgan fingerprint density at radius 2 is 2.43 bits per heavy atom. The van der Waals surface area contributed by atoms with Crippen LogP contribution in [-0.4, -0.2) is 35.7 Å². The van der Waals surface area contributed by atoms with E-state index in [1.807, 2.05) is 13.0 Å². The first-order chi connectivity index (χ1) is 6.79. The molecule has 1 N–H and O–H groups in total. The lowest BCUT2D eigenvalue weighted by molar-refractivity contribution is 0.142. The molecular formula is C10H17N3O. The standard InChI is InChI=1S/C10H17N3O/c1-3-13(10-5-11-6-10)7-9-4-8(2)14-12-9/h4,10-11H,3,5-7H2,1-2H3. The maximum Gasteiger partial charge on any atom is 0.133 e. The quantitative estimate of drug-likeness (QED) is 0.770. The topological polar surface area (TPSA) is 41.3 Å². The molecule has 0 spiro atoms. The van der Waals surface area contributed by atoms with E-state index in [0.29, 0.717) is 6.04 Å². The average Bonchev–Trinajstić information content (AvgIpc) is 2.47. The van der Waals surface area contributed by atoms with Gasteiger partial charge in [-0.1, -0.05) is 12.1 Å². The molecule has 0 radical (unpaired) electrons. The molecule has 4 heteroatoms. The number of likely N-dealkylation sites (N-methyl/N-ethyl adjacent to an activating group) is 1. The molecule has 0 aliphatic carbocycles. The van der Waals surface area contributed by atoms with Gasteiger partial charge < -0.3 is 9.84 Å². The molecule has 0 amide bonds. The number of hydrogen-bond acceptors (Lipinski definition) is 4. The fourth-order valence-electron chi connectivity index (χ4n) is 1.73. The first-order valence-electron chi connectivity index (χ1n) is 5.16. The first kappa shape index (κ1) is 9.68. The largest absolute Gasteiger partial charge is 0.361 e. The van der Waals surface area contributed by atoms with Crippen LogP contribution in [0.5, 0.6) is 0 Å². The van der Waals surface area contributed by atoms with Gasteiger partial charge in [0.1, 0.15) is 5.76 Å². The lowest BCUT2D eigenvalue weighted by Gasteiger charge is -2.37. The number of nitrogens with zero attached hydrogens (tertiary/aromatic N) is 2. The van der Waals surface area contributed by atoms with Crippen molar-refractivity contribution in [1.82, 2.24) is 15.4 Å². The Balaban J connectivity index is 1.93. The Morgan fingerprint density at radius 3 is 2.86 bits per heavy atom. The van der Waals surface area contributed by atoms with Gasteiger partial charge >= 0.3 is 0 Å². The zero-order valence-electron chi connectivity index (χ0n) is 8.79. The number of aromatic nitrogens is 1. The summed E-state index contributed by atoms with van der Waals surface area (Å²) in [6.07, 6.45) is 0. The summed E-state index contributed by atoms with van der Waals surface area (Å²) in [6, 6.07) is 2.69. The van der Waals surface area contributed by atoms with Crippen LogP contribution in [0.15, 0.2) is 10.6 Å². The number of rotatable bonds is 4. The van der Waals surface area contributed by atoms with Crippen molar-refractivity contribution in [3.05, 3.63) is 17.5 Å². The lowest BCUT2D eigenvalue weighted by Crippen LogP contribution is -2.56. The first-order valence-corrected chi connectivity index (χ1v) is 5.16. The van der Waals surface area contributed by atoms with Crippen LogP contribution in [0.4, 0.5) is 0 Å². The van der Waals surface area contributed by atoms with Gasteiger partial charge in [-0.3, -0.25) is 4.90 Å². The van der Waals surface area contributed by atoms with Crippen molar-refractivity contribution in [2.75, 3.05) is 19.6 Å². The van der Waals surface area contributed by atoms with Crippen LogP contribution in [0, 0.1) is 6.92 Å². The lowest BCUT2D eigenvalue weighted by atomic mass is 10.1. The van der Waals surface area contributed by atoms with Crippen LogP contribution in [0.2, 0.25) is 0 Å². The second-order valence-corrected chi connectivity index (χ2v) is 3.80. The molecule has 2 rings (SSSR count). The molecule has 1 aliphatic heterocycles. The third-order valence-corrected chi connectivity index (χ3v) is 2.72. The maximum absolute atomic E-state index is 5.05. The smallest absolute Gasteiger partial charge is 0.133 e. The molecule has 2 heterocycles. The SMILES string of the molecule is CCN(Cc1cc(C)on1)C1CNC1. The highest BCUT2D eigenvalue weighted by atomic mass is 16.5. The van der Waals surface area contributed by atoms with Gasteiger partial charge in [0.2, 0.25) is 0 Å². The molecule has 0 unspecified atom stereocenters. The van der Waals surface area contributed by atoms with E-state index in [1.54, 1.807) is 0 Å². The van der Waals surface area contributed by atoms with Crippen LogP contribution in [0.25, 0.3) is 0 Å². The Hall–Kier alpha value is -0.870. The van der Waals surface area contributed by atoms with Crippen LogP contribution in [0.1, 0.15) is 18.4 Å².